The highest BCUT2D eigenvalue weighted by molar-refractivity contribution is 6.08. The molecule has 4 nitrogen and oxygen atoms in total. The summed E-state index contributed by atoms with van der Waals surface area (Å²) in [7, 11) is 0. The normalized spacial score (nSPS) is 26.1. The maximum atomic E-state index is 12.7. The first-order valence-corrected chi connectivity index (χ1v) is 7.78. The monoisotopic (exact) mass is 284 g/mol. The second-order valence-corrected chi connectivity index (χ2v) is 6.05. The molecule has 4 rings (SSSR count). The van der Waals surface area contributed by atoms with Crippen molar-refractivity contribution < 1.29 is 9.53 Å². The number of aromatic amines is 1. The fraction of sp³-hybridized carbons (Fsp3) is 0.471. The van der Waals surface area contributed by atoms with Gasteiger partial charge in [-0.05, 0) is 25.3 Å². The quantitative estimate of drug-likeness (QED) is 0.881. The molecule has 2 atom stereocenters. The molecule has 2 unspecified atom stereocenters. The summed E-state index contributed by atoms with van der Waals surface area (Å²) >= 11 is 0. The minimum atomic E-state index is 0.208. The molecule has 21 heavy (non-hydrogen) atoms. The van der Waals surface area contributed by atoms with E-state index in [1.54, 1.807) is 0 Å². The fourth-order valence-electron chi connectivity index (χ4n) is 3.77. The smallest absolute Gasteiger partial charge is 0.178 e. The van der Waals surface area contributed by atoms with Gasteiger partial charge in [0, 0.05) is 35.2 Å². The number of nitrogens with zero attached hydrogens (tertiary/aromatic N) is 1. The molecule has 1 saturated carbocycles. The van der Waals surface area contributed by atoms with Gasteiger partial charge in [-0.15, -0.1) is 0 Å². The van der Waals surface area contributed by atoms with Gasteiger partial charge in [-0.2, -0.15) is 0 Å². The van der Waals surface area contributed by atoms with Gasteiger partial charge in [0.25, 0.3) is 0 Å². The van der Waals surface area contributed by atoms with Gasteiger partial charge < -0.3 is 9.72 Å². The van der Waals surface area contributed by atoms with Gasteiger partial charge in [-0.3, -0.25) is 9.69 Å². The lowest BCUT2D eigenvalue weighted by atomic mass is 10.1. The van der Waals surface area contributed by atoms with Gasteiger partial charge in [0.1, 0.15) is 0 Å². The number of hydrogen-bond acceptors (Lipinski definition) is 3. The van der Waals surface area contributed by atoms with Crippen LogP contribution in [0.15, 0.2) is 30.5 Å². The maximum Gasteiger partial charge on any atom is 0.178 e. The number of Topliss-reactive ketones (excluding diaryl/α,β-unsaturated/α-hetero) is 1. The van der Waals surface area contributed by atoms with Crippen LogP contribution >= 0.6 is 0 Å². The van der Waals surface area contributed by atoms with E-state index in [0.29, 0.717) is 18.7 Å². The molecule has 110 valence electrons. The molecule has 4 heteroatoms. The minimum Gasteiger partial charge on any atom is -0.375 e. The predicted octanol–water partition coefficient (Wildman–Crippen LogP) is 2.60. The number of carbonyl (C=O) groups excluding carboxylic acids is 1. The first kappa shape index (κ1) is 13.0. The van der Waals surface area contributed by atoms with Crippen molar-refractivity contribution in [2.45, 2.75) is 31.4 Å². The topological polar surface area (TPSA) is 45.3 Å². The summed E-state index contributed by atoms with van der Waals surface area (Å²) in [5.41, 5.74) is 1.84. The summed E-state index contributed by atoms with van der Waals surface area (Å²) in [6.07, 6.45) is 5.70. The van der Waals surface area contributed by atoms with E-state index in [0.717, 1.165) is 42.5 Å². The van der Waals surface area contributed by atoms with E-state index in [-0.39, 0.29) is 5.78 Å². The number of hydrogen-bond donors (Lipinski definition) is 1. The van der Waals surface area contributed by atoms with Crippen LogP contribution in [-0.4, -0.2) is 47.5 Å². The summed E-state index contributed by atoms with van der Waals surface area (Å²) in [4.78, 5) is 18.2. The number of benzene rings is 1. The average Bonchev–Trinajstić information content (AvgIpc) is 3.14. The number of para-hydroxylation sites is 1. The molecule has 2 heterocycles. The molecular weight excluding hydrogens is 264 g/mol. The van der Waals surface area contributed by atoms with Crippen molar-refractivity contribution in [3.8, 4) is 0 Å². The largest absolute Gasteiger partial charge is 0.375 e. The number of ketones is 1. The van der Waals surface area contributed by atoms with Gasteiger partial charge in [0.15, 0.2) is 5.78 Å². The van der Waals surface area contributed by atoms with Gasteiger partial charge in [0.05, 0.1) is 19.3 Å². The van der Waals surface area contributed by atoms with Crippen LogP contribution < -0.4 is 0 Å². The Morgan fingerprint density at radius 2 is 2.24 bits per heavy atom. The number of rotatable bonds is 3. The van der Waals surface area contributed by atoms with Crippen LogP contribution in [0.2, 0.25) is 0 Å². The van der Waals surface area contributed by atoms with Gasteiger partial charge in [-0.1, -0.05) is 18.2 Å². The number of H-pyrrole nitrogens is 1. The molecule has 1 saturated heterocycles. The van der Waals surface area contributed by atoms with Gasteiger partial charge >= 0.3 is 0 Å². The minimum absolute atomic E-state index is 0.208. The summed E-state index contributed by atoms with van der Waals surface area (Å²) in [5.74, 6) is 0.208. The fourth-order valence-corrected chi connectivity index (χ4v) is 3.77. The van der Waals surface area contributed by atoms with Crippen molar-refractivity contribution in [1.82, 2.24) is 9.88 Å². The zero-order chi connectivity index (χ0) is 14.2. The van der Waals surface area contributed by atoms with E-state index in [1.165, 1.54) is 6.42 Å². The lowest BCUT2D eigenvalue weighted by Gasteiger charge is -2.37. The molecule has 1 N–H and O–H groups in total. The van der Waals surface area contributed by atoms with E-state index in [1.807, 2.05) is 30.5 Å². The first-order chi connectivity index (χ1) is 10.3. The van der Waals surface area contributed by atoms with Crippen molar-refractivity contribution in [2.75, 3.05) is 19.7 Å². The number of carbonyl (C=O) groups is 1. The molecule has 0 spiro atoms. The van der Waals surface area contributed by atoms with Crippen LogP contribution in [0.1, 0.15) is 29.6 Å². The molecule has 1 aliphatic carbocycles. The number of morpholine rings is 1. The highest BCUT2D eigenvalue weighted by Crippen LogP contribution is 2.30. The molecule has 1 aliphatic heterocycles. The standard InChI is InChI=1S/C17H20N2O2/c20-16(13-10-18-14-5-2-1-4-12(13)14)11-19-8-9-21-17-7-3-6-15(17)19/h1-2,4-5,10,15,17-18H,3,6-9,11H2. The zero-order valence-corrected chi connectivity index (χ0v) is 12.0. The van der Waals surface area contributed by atoms with Crippen LogP contribution in [0.5, 0.6) is 0 Å². The molecular formula is C17H20N2O2. The summed E-state index contributed by atoms with van der Waals surface area (Å²) in [5, 5.41) is 1.03. The molecule has 0 bridgehead atoms. The Hall–Kier alpha value is -1.65. The maximum absolute atomic E-state index is 12.7. The molecule has 0 radical (unpaired) electrons. The summed E-state index contributed by atoms with van der Waals surface area (Å²) < 4.78 is 5.82. The Morgan fingerprint density at radius 1 is 1.33 bits per heavy atom. The lowest BCUT2D eigenvalue weighted by Crippen LogP contribution is -2.50. The van der Waals surface area contributed by atoms with E-state index in [9.17, 15) is 4.79 Å². The predicted molar refractivity (Wildman–Crippen MR) is 81.6 cm³/mol. The number of ether oxygens (including phenoxy) is 1. The Balaban J connectivity index is 1.55. The summed E-state index contributed by atoms with van der Waals surface area (Å²) in [6, 6.07) is 8.42. The van der Waals surface area contributed by atoms with E-state index < -0.39 is 0 Å². The van der Waals surface area contributed by atoms with Gasteiger partial charge in [0.2, 0.25) is 0 Å². The second kappa shape index (κ2) is 5.28. The third-order valence-electron chi connectivity index (χ3n) is 4.83. The van der Waals surface area contributed by atoms with E-state index in [2.05, 4.69) is 9.88 Å². The third kappa shape index (κ3) is 2.28. The van der Waals surface area contributed by atoms with Crippen LogP contribution in [0.25, 0.3) is 10.9 Å². The lowest BCUT2D eigenvalue weighted by molar-refractivity contribution is -0.0522. The molecule has 1 aromatic carbocycles. The first-order valence-electron chi connectivity index (χ1n) is 7.78. The molecule has 1 aromatic heterocycles. The van der Waals surface area contributed by atoms with E-state index >= 15 is 0 Å². The van der Waals surface area contributed by atoms with Crippen molar-refractivity contribution >= 4 is 16.7 Å². The Morgan fingerprint density at radius 3 is 3.19 bits per heavy atom. The van der Waals surface area contributed by atoms with Crippen molar-refractivity contribution in [2.24, 2.45) is 0 Å². The van der Waals surface area contributed by atoms with Crippen molar-refractivity contribution in [3.63, 3.8) is 0 Å². The zero-order valence-electron chi connectivity index (χ0n) is 12.0. The highest BCUT2D eigenvalue weighted by atomic mass is 16.5. The second-order valence-electron chi connectivity index (χ2n) is 6.05. The Kier molecular flexibility index (Phi) is 3.28. The number of aromatic nitrogens is 1. The third-order valence-corrected chi connectivity index (χ3v) is 4.83. The van der Waals surface area contributed by atoms with Crippen LogP contribution in [0.4, 0.5) is 0 Å². The molecule has 2 aliphatic rings. The SMILES string of the molecule is O=C(CN1CCOC2CCCC21)c1c[nH]c2ccccc12. The highest BCUT2D eigenvalue weighted by Gasteiger charge is 2.36. The Bertz CT molecular complexity index is 664. The average molecular weight is 284 g/mol. The van der Waals surface area contributed by atoms with Crippen molar-refractivity contribution in [3.05, 3.63) is 36.0 Å². The van der Waals surface area contributed by atoms with Crippen LogP contribution in [0.3, 0.4) is 0 Å². The van der Waals surface area contributed by atoms with Gasteiger partial charge in [-0.25, -0.2) is 0 Å². The van der Waals surface area contributed by atoms with Crippen LogP contribution in [0, 0.1) is 0 Å². The number of fused-ring (bicyclic) bond motifs is 2. The summed E-state index contributed by atoms with van der Waals surface area (Å²) in [6.45, 7) is 2.13. The Labute approximate surface area is 124 Å². The number of nitrogens with one attached hydrogen (secondary N) is 1. The van der Waals surface area contributed by atoms with Crippen molar-refractivity contribution in [1.29, 1.82) is 0 Å². The molecule has 0 amide bonds. The van der Waals surface area contributed by atoms with Crippen LogP contribution in [-0.2, 0) is 4.74 Å². The van der Waals surface area contributed by atoms with E-state index in [4.69, 9.17) is 4.74 Å². The molecule has 2 aromatic rings. The molecule has 2 fully saturated rings.